The number of carboxylic acids is 1. The van der Waals surface area contributed by atoms with Crippen LogP contribution in [0.15, 0.2) is 16.9 Å². The molecule has 2 amide bonds. The number of carboxylic acid groups (broad SMARTS) is 1. The summed E-state index contributed by atoms with van der Waals surface area (Å²) in [6.07, 6.45) is 1.34. The molecule has 1 rings (SSSR count). The normalized spacial score (nSPS) is 9.81. The molecule has 1 aromatic rings. The minimum Gasteiger partial charge on any atom is -0.481 e. The second-order valence-corrected chi connectivity index (χ2v) is 3.21. The van der Waals surface area contributed by atoms with E-state index in [1.807, 2.05) is 0 Å². The first kappa shape index (κ1) is 12.0. The molecule has 16 heavy (non-hydrogen) atoms. The summed E-state index contributed by atoms with van der Waals surface area (Å²) in [5, 5.41) is 14.6. The Morgan fingerprint density at radius 3 is 2.94 bits per heavy atom. The molecule has 0 unspecified atom stereocenters. The molecule has 0 aliphatic carbocycles. The number of aliphatic carboxylic acids is 1. The van der Waals surface area contributed by atoms with Gasteiger partial charge in [0.2, 0.25) is 0 Å². The van der Waals surface area contributed by atoms with Crippen LogP contribution in [0.2, 0.25) is 0 Å². The first-order valence-electron chi connectivity index (χ1n) is 4.69. The zero-order chi connectivity index (χ0) is 12.0. The maximum absolute atomic E-state index is 11.4. The number of rotatable bonds is 5. The van der Waals surface area contributed by atoms with Crippen molar-refractivity contribution in [1.82, 2.24) is 15.4 Å². The second-order valence-electron chi connectivity index (χ2n) is 3.21. The van der Waals surface area contributed by atoms with E-state index in [1.165, 1.54) is 18.2 Å². The van der Waals surface area contributed by atoms with Crippen LogP contribution in [-0.2, 0) is 11.3 Å². The molecular formula is C9H13N3O4. The molecule has 0 radical (unpaired) electrons. The minimum atomic E-state index is -0.934. The van der Waals surface area contributed by atoms with E-state index in [2.05, 4.69) is 15.0 Å². The molecule has 7 nitrogen and oxygen atoms in total. The zero-order valence-corrected chi connectivity index (χ0v) is 8.84. The Morgan fingerprint density at radius 1 is 1.62 bits per heavy atom. The predicted octanol–water partition coefficient (Wildman–Crippen LogP) is 0.291. The lowest BCUT2D eigenvalue weighted by atomic mass is 10.4. The first-order chi connectivity index (χ1) is 7.59. The second kappa shape index (κ2) is 5.74. The summed E-state index contributed by atoms with van der Waals surface area (Å²) in [6.45, 7) is 0.423. The topological polar surface area (TPSA) is 95.7 Å². The van der Waals surface area contributed by atoms with Crippen molar-refractivity contribution in [2.45, 2.75) is 13.0 Å². The molecule has 1 heterocycles. The number of amides is 2. The molecule has 0 saturated carbocycles. The summed E-state index contributed by atoms with van der Waals surface area (Å²) in [4.78, 5) is 23.0. The lowest BCUT2D eigenvalue weighted by Gasteiger charge is -2.16. The van der Waals surface area contributed by atoms with Crippen molar-refractivity contribution in [3.8, 4) is 0 Å². The van der Waals surface area contributed by atoms with E-state index < -0.39 is 5.97 Å². The van der Waals surface area contributed by atoms with Crippen molar-refractivity contribution in [3.05, 3.63) is 18.0 Å². The summed E-state index contributed by atoms with van der Waals surface area (Å²) in [5.74, 6) is -0.934. The van der Waals surface area contributed by atoms with Gasteiger partial charge in [0.15, 0.2) is 0 Å². The third-order valence-corrected chi connectivity index (χ3v) is 1.92. The quantitative estimate of drug-likeness (QED) is 0.753. The monoisotopic (exact) mass is 227 g/mol. The number of hydrogen-bond donors (Lipinski definition) is 2. The molecule has 0 saturated heterocycles. The molecule has 0 bridgehead atoms. The average Bonchev–Trinajstić information content (AvgIpc) is 2.75. The van der Waals surface area contributed by atoms with Gasteiger partial charge in [-0.1, -0.05) is 5.16 Å². The SMILES string of the molecule is CN(CCC(=O)O)C(=O)NCc1ccon1. The van der Waals surface area contributed by atoms with Crippen LogP contribution in [0.3, 0.4) is 0 Å². The van der Waals surface area contributed by atoms with E-state index in [0.717, 1.165) is 0 Å². The van der Waals surface area contributed by atoms with Crippen molar-refractivity contribution in [3.63, 3.8) is 0 Å². The highest BCUT2D eigenvalue weighted by molar-refractivity contribution is 5.74. The fourth-order valence-electron chi connectivity index (χ4n) is 0.995. The van der Waals surface area contributed by atoms with Gasteiger partial charge in [0, 0.05) is 19.7 Å². The van der Waals surface area contributed by atoms with Gasteiger partial charge >= 0.3 is 12.0 Å². The van der Waals surface area contributed by atoms with Crippen LogP contribution in [0.5, 0.6) is 0 Å². The third kappa shape index (κ3) is 3.99. The minimum absolute atomic E-state index is 0.0755. The fraction of sp³-hybridized carbons (Fsp3) is 0.444. The van der Waals surface area contributed by atoms with Crippen molar-refractivity contribution >= 4 is 12.0 Å². The number of aromatic nitrogens is 1. The summed E-state index contributed by atoms with van der Waals surface area (Å²) in [6, 6.07) is 1.29. The number of nitrogens with one attached hydrogen (secondary N) is 1. The predicted molar refractivity (Wildman–Crippen MR) is 53.6 cm³/mol. The van der Waals surface area contributed by atoms with E-state index in [0.29, 0.717) is 5.69 Å². The van der Waals surface area contributed by atoms with E-state index in [-0.39, 0.29) is 25.5 Å². The largest absolute Gasteiger partial charge is 0.481 e. The van der Waals surface area contributed by atoms with Crippen LogP contribution >= 0.6 is 0 Å². The van der Waals surface area contributed by atoms with E-state index in [4.69, 9.17) is 5.11 Å². The Balaban J connectivity index is 2.26. The molecule has 0 aliphatic rings. The maximum atomic E-state index is 11.4. The summed E-state index contributed by atoms with van der Waals surface area (Å²) >= 11 is 0. The standard InChI is InChI=1S/C9H13N3O4/c1-12(4-2-8(13)14)9(15)10-6-7-3-5-16-11-7/h3,5H,2,4,6H2,1H3,(H,10,15)(H,13,14). The molecule has 0 atom stereocenters. The smallest absolute Gasteiger partial charge is 0.317 e. The first-order valence-corrected chi connectivity index (χ1v) is 4.69. The van der Waals surface area contributed by atoms with Crippen LogP contribution in [0.4, 0.5) is 4.79 Å². The molecule has 0 spiro atoms. The third-order valence-electron chi connectivity index (χ3n) is 1.92. The van der Waals surface area contributed by atoms with Gasteiger partial charge in [-0.15, -0.1) is 0 Å². The van der Waals surface area contributed by atoms with Crippen molar-refractivity contribution < 1.29 is 19.2 Å². The van der Waals surface area contributed by atoms with Gasteiger partial charge in [0.25, 0.3) is 0 Å². The van der Waals surface area contributed by atoms with Crippen LogP contribution in [0, 0.1) is 0 Å². The highest BCUT2D eigenvalue weighted by Crippen LogP contribution is 1.94. The lowest BCUT2D eigenvalue weighted by Crippen LogP contribution is -2.38. The van der Waals surface area contributed by atoms with Crippen LogP contribution in [0.1, 0.15) is 12.1 Å². The van der Waals surface area contributed by atoms with Gasteiger partial charge in [-0.05, 0) is 0 Å². The van der Waals surface area contributed by atoms with Crippen molar-refractivity contribution in [1.29, 1.82) is 0 Å². The van der Waals surface area contributed by atoms with Gasteiger partial charge in [0.05, 0.1) is 13.0 Å². The van der Waals surface area contributed by atoms with Crippen molar-refractivity contribution in [2.24, 2.45) is 0 Å². The Kier molecular flexibility index (Phi) is 4.31. The Labute approximate surface area is 92.0 Å². The highest BCUT2D eigenvalue weighted by atomic mass is 16.5. The van der Waals surface area contributed by atoms with Gasteiger partial charge in [-0.2, -0.15) is 0 Å². The van der Waals surface area contributed by atoms with Gasteiger partial charge in [-0.3, -0.25) is 4.79 Å². The van der Waals surface area contributed by atoms with Gasteiger partial charge in [0.1, 0.15) is 12.0 Å². The number of carbonyl (C=O) groups excluding carboxylic acids is 1. The summed E-state index contributed by atoms with van der Waals surface area (Å²) < 4.78 is 4.59. The number of carbonyl (C=O) groups is 2. The Bertz CT molecular complexity index is 350. The Hall–Kier alpha value is -2.05. The molecule has 88 valence electrons. The van der Waals surface area contributed by atoms with E-state index in [1.54, 1.807) is 6.07 Å². The fourth-order valence-corrected chi connectivity index (χ4v) is 0.995. The number of urea groups is 1. The van der Waals surface area contributed by atoms with Crippen molar-refractivity contribution in [2.75, 3.05) is 13.6 Å². The zero-order valence-electron chi connectivity index (χ0n) is 8.84. The molecule has 0 aromatic carbocycles. The van der Waals surface area contributed by atoms with E-state index in [9.17, 15) is 9.59 Å². The van der Waals surface area contributed by atoms with Crippen LogP contribution in [0.25, 0.3) is 0 Å². The molecule has 2 N–H and O–H groups in total. The lowest BCUT2D eigenvalue weighted by molar-refractivity contribution is -0.137. The summed E-state index contributed by atoms with van der Waals surface area (Å²) in [7, 11) is 1.53. The molecule has 7 heteroatoms. The Morgan fingerprint density at radius 2 is 2.38 bits per heavy atom. The molecular weight excluding hydrogens is 214 g/mol. The van der Waals surface area contributed by atoms with Crippen LogP contribution < -0.4 is 5.32 Å². The van der Waals surface area contributed by atoms with Crippen LogP contribution in [-0.4, -0.2) is 40.8 Å². The van der Waals surface area contributed by atoms with Gasteiger partial charge < -0.3 is 19.8 Å². The van der Waals surface area contributed by atoms with Gasteiger partial charge in [-0.25, -0.2) is 4.79 Å². The molecule has 0 fully saturated rings. The molecule has 0 aliphatic heterocycles. The average molecular weight is 227 g/mol. The maximum Gasteiger partial charge on any atom is 0.317 e. The molecule has 1 aromatic heterocycles. The number of hydrogen-bond acceptors (Lipinski definition) is 4. The summed E-state index contributed by atoms with van der Waals surface area (Å²) in [5.41, 5.74) is 0.611. The van der Waals surface area contributed by atoms with E-state index >= 15 is 0 Å². The number of nitrogens with zero attached hydrogens (tertiary/aromatic N) is 2. The highest BCUT2D eigenvalue weighted by Gasteiger charge is 2.09.